The van der Waals surface area contributed by atoms with E-state index >= 15 is 0 Å². The number of sulfonamides is 1. The lowest BCUT2D eigenvalue weighted by molar-refractivity contribution is -0.118. The van der Waals surface area contributed by atoms with Gasteiger partial charge < -0.3 is 10.1 Å². The summed E-state index contributed by atoms with van der Waals surface area (Å²) in [5.74, 6) is 0.243. The van der Waals surface area contributed by atoms with Crippen molar-refractivity contribution in [1.29, 1.82) is 0 Å². The number of benzene rings is 3. The Labute approximate surface area is 191 Å². The SMILES string of the molecule is Cc1ccc(OCC(=O)Nc2ccc(S(=O)(=O)Nc3cc(Cl)cc(Cl)c3)cc2)cc1C. The highest BCUT2D eigenvalue weighted by Gasteiger charge is 2.15. The molecule has 0 saturated carbocycles. The Morgan fingerprint density at radius 2 is 1.52 bits per heavy atom. The fourth-order valence-electron chi connectivity index (χ4n) is 2.69. The lowest BCUT2D eigenvalue weighted by atomic mass is 10.1. The number of hydrogen-bond acceptors (Lipinski definition) is 4. The van der Waals surface area contributed by atoms with Crippen LogP contribution in [0.4, 0.5) is 11.4 Å². The van der Waals surface area contributed by atoms with E-state index in [0.717, 1.165) is 11.1 Å². The minimum atomic E-state index is -3.85. The molecule has 0 fully saturated rings. The summed E-state index contributed by atoms with van der Waals surface area (Å²) < 4.78 is 33.0. The van der Waals surface area contributed by atoms with Crippen LogP contribution in [0.3, 0.4) is 0 Å². The summed E-state index contributed by atoms with van der Waals surface area (Å²) in [5, 5.41) is 3.29. The normalized spacial score (nSPS) is 11.1. The number of halogens is 2. The van der Waals surface area contributed by atoms with Crippen LogP contribution in [0.2, 0.25) is 10.0 Å². The molecule has 0 aliphatic rings. The second-order valence-electron chi connectivity index (χ2n) is 6.87. The van der Waals surface area contributed by atoms with Crippen LogP contribution in [0, 0.1) is 13.8 Å². The van der Waals surface area contributed by atoms with E-state index in [1.807, 2.05) is 26.0 Å². The molecule has 162 valence electrons. The summed E-state index contributed by atoms with van der Waals surface area (Å²) in [7, 11) is -3.85. The lowest BCUT2D eigenvalue weighted by Crippen LogP contribution is -2.20. The zero-order chi connectivity index (χ0) is 22.6. The summed E-state index contributed by atoms with van der Waals surface area (Å²) in [6.45, 7) is 3.79. The topological polar surface area (TPSA) is 84.5 Å². The molecular formula is C22H20Cl2N2O4S. The summed E-state index contributed by atoms with van der Waals surface area (Å²) >= 11 is 11.8. The third-order valence-corrected chi connectivity index (χ3v) is 6.25. The number of carbonyl (C=O) groups is 1. The number of carbonyl (C=O) groups excluding carboxylic acids is 1. The predicted molar refractivity (Wildman–Crippen MR) is 124 cm³/mol. The summed E-state index contributed by atoms with van der Waals surface area (Å²) in [6, 6.07) is 15.8. The van der Waals surface area contributed by atoms with Crippen molar-refractivity contribution in [1.82, 2.24) is 0 Å². The first-order valence-electron chi connectivity index (χ1n) is 9.21. The molecule has 0 aromatic heterocycles. The fourth-order valence-corrected chi connectivity index (χ4v) is 4.26. The Morgan fingerprint density at radius 1 is 0.871 bits per heavy atom. The van der Waals surface area contributed by atoms with Gasteiger partial charge in [-0.05, 0) is 79.6 Å². The number of ether oxygens (including phenoxy) is 1. The third kappa shape index (κ3) is 6.37. The minimum absolute atomic E-state index is 0.0213. The van der Waals surface area contributed by atoms with Gasteiger partial charge >= 0.3 is 0 Å². The summed E-state index contributed by atoms with van der Waals surface area (Å²) in [6.07, 6.45) is 0. The van der Waals surface area contributed by atoms with E-state index in [1.165, 1.54) is 42.5 Å². The van der Waals surface area contributed by atoms with Crippen LogP contribution in [0.5, 0.6) is 5.75 Å². The van der Waals surface area contributed by atoms with Crippen LogP contribution >= 0.6 is 23.2 Å². The van der Waals surface area contributed by atoms with Crippen molar-refractivity contribution < 1.29 is 17.9 Å². The molecule has 1 amide bonds. The molecule has 2 N–H and O–H groups in total. The number of anilines is 2. The Morgan fingerprint density at radius 3 is 2.13 bits per heavy atom. The van der Waals surface area contributed by atoms with Crippen LogP contribution in [0.25, 0.3) is 0 Å². The number of amides is 1. The van der Waals surface area contributed by atoms with Gasteiger partial charge in [0.15, 0.2) is 6.61 Å². The van der Waals surface area contributed by atoms with Gasteiger partial charge in [-0.3, -0.25) is 9.52 Å². The fraction of sp³-hybridized carbons (Fsp3) is 0.136. The Bertz CT molecular complexity index is 1190. The van der Waals surface area contributed by atoms with Crippen LogP contribution < -0.4 is 14.8 Å². The van der Waals surface area contributed by atoms with Gasteiger partial charge in [0.25, 0.3) is 15.9 Å². The second-order valence-corrected chi connectivity index (χ2v) is 9.43. The van der Waals surface area contributed by atoms with Crippen molar-refractivity contribution in [2.75, 3.05) is 16.6 Å². The highest BCUT2D eigenvalue weighted by Crippen LogP contribution is 2.25. The minimum Gasteiger partial charge on any atom is -0.484 e. The molecule has 3 rings (SSSR count). The Hall–Kier alpha value is -2.74. The van der Waals surface area contributed by atoms with Gasteiger partial charge in [0, 0.05) is 15.7 Å². The van der Waals surface area contributed by atoms with Gasteiger partial charge in [-0.25, -0.2) is 8.42 Å². The van der Waals surface area contributed by atoms with E-state index in [2.05, 4.69) is 10.0 Å². The van der Waals surface area contributed by atoms with Crippen molar-refractivity contribution in [3.05, 3.63) is 81.8 Å². The van der Waals surface area contributed by atoms with E-state index in [9.17, 15) is 13.2 Å². The Balaban J connectivity index is 1.61. The maximum absolute atomic E-state index is 12.6. The maximum atomic E-state index is 12.6. The van der Waals surface area contributed by atoms with Crippen LogP contribution in [-0.2, 0) is 14.8 Å². The van der Waals surface area contributed by atoms with Gasteiger partial charge in [-0.2, -0.15) is 0 Å². The molecule has 0 aliphatic carbocycles. The van der Waals surface area contributed by atoms with Crippen LogP contribution in [0.15, 0.2) is 65.6 Å². The average Bonchev–Trinajstić information content (AvgIpc) is 2.68. The first kappa shape index (κ1) is 22.9. The van der Waals surface area contributed by atoms with Gasteiger partial charge in [0.05, 0.1) is 10.6 Å². The molecule has 0 radical (unpaired) electrons. The second kappa shape index (κ2) is 9.60. The largest absolute Gasteiger partial charge is 0.484 e. The van der Waals surface area contributed by atoms with E-state index < -0.39 is 10.0 Å². The molecular weight excluding hydrogens is 459 g/mol. The van der Waals surface area contributed by atoms with Crippen molar-refractivity contribution in [3.63, 3.8) is 0 Å². The molecule has 0 aliphatic heterocycles. The van der Waals surface area contributed by atoms with Crippen molar-refractivity contribution in [2.24, 2.45) is 0 Å². The Kier molecular flexibility index (Phi) is 7.10. The molecule has 0 heterocycles. The molecule has 6 nitrogen and oxygen atoms in total. The van der Waals surface area contributed by atoms with Gasteiger partial charge in [-0.1, -0.05) is 29.3 Å². The van der Waals surface area contributed by atoms with Crippen molar-refractivity contribution in [2.45, 2.75) is 18.7 Å². The predicted octanol–water partition coefficient (Wildman–Crippen LogP) is 5.43. The molecule has 0 unspecified atom stereocenters. The zero-order valence-corrected chi connectivity index (χ0v) is 19.1. The van der Waals surface area contributed by atoms with Gasteiger partial charge in [0.1, 0.15) is 5.75 Å². The smallest absolute Gasteiger partial charge is 0.262 e. The van der Waals surface area contributed by atoms with Crippen molar-refractivity contribution >= 4 is 50.5 Å². The van der Waals surface area contributed by atoms with E-state index in [4.69, 9.17) is 27.9 Å². The van der Waals surface area contributed by atoms with Gasteiger partial charge in [-0.15, -0.1) is 0 Å². The van der Waals surface area contributed by atoms with Crippen LogP contribution in [-0.4, -0.2) is 20.9 Å². The molecule has 3 aromatic rings. The summed E-state index contributed by atoms with van der Waals surface area (Å²) in [5.41, 5.74) is 2.90. The number of hydrogen-bond donors (Lipinski definition) is 2. The zero-order valence-electron chi connectivity index (χ0n) is 16.8. The number of nitrogens with one attached hydrogen (secondary N) is 2. The molecule has 3 aromatic carbocycles. The van der Waals surface area contributed by atoms with Crippen molar-refractivity contribution in [3.8, 4) is 5.75 Å². The van der Waals surface area contributed by atoms with E-state index in [-0.39, 0.29) is 23.1 Å². The molecule has 0 bridgehead atoms. The maximum Gasteiger partial charge on any atom is 0.262 e. The monoisotopic (exact) mass is 478 g/mol. The first-order chi connectivity index (χ1) is 14.6. The van der Waals surface area contributed by atoms with Gasteiger partial charge in [0.2, 0.25) is 0 Å². The van der Waals surface area contributed by atoms with E-state index in [0.29, 0.717) is 21.5 Å². The molecule has 0 saturated heterocycles. The van der Waals surface area contributed by atoms with E-state index in [1.54, 1.807) is 6.07 Å². The summed E-state index contributed by atoms with van der Waals surface area (Å²) in [4.78, 5) is 12.2. The average molecular weight is 479 g/mol. The highest BCUT2D eigenvalue weighted by atomic mass is 35.5. The quantitative estimate of drug-likeness (QED) is 0.474. The lowest BCUT2D eigenvalue weighted by Gasteiger charge is -2.11. The first-order valence-corrected chi connectivity index (χ1v) is 11.5. The molecule has 9 heteroatoms. The standard InChI is InChI=1S/C22H20Cl2N2O4S/c1-14-3-6-20(9-15(14)2)30-13-22(27)25-18-4-7-21(8-5-18)31(28,29)26-19-11-16(23)10-17(24)12-19/h3-12,26H,13H2,1-2H3,(H,25,27). The molecule has 31 heavy (non-hydrogen) atoms. The molecule has 0 atom stereocenters. The third-order valence-electron chi connectivity index (χ3n) is 4.41. The highest BCUT2D eigenvalue weighted by molar-refractivity contribution is 7.92. The molecule has 0 spiro atoms. The van der Waals surface area contributed by atoms with Crippen LogP contribution in [0.1, 0.15) is 11.1 Å². The number of aryl methyl sites for hydroxylation is 2. The number of rotatable bonds is 7.